The highest BCUT2D eigenvalue weighted by molar-refractivity contribution is 6.30. The molecule has 3 aromatic rings. The van der Waals surface area contributed by atoms with E-state index in [0.717, 1.165) is 0 Å². The lowest BCUT2D eigenvalue weighted by atomic mass is 10.2. The van der Waals surface area contributed by atoms with E-state index in [4.69, 9.17) is 11.6 Å². The second-order valence-corrected chi connectivity index (χ2v) is 4.38. The summed E-state index contributed by atoms with van der Waals surface area (Å²) in [5.74, 6) is 0.770. The molecule has 18 heavy (non-hydrogen) atoms. The summed E-state index contributed by atoms with van der Waals surface area (Å²) < 4.78 is 0. The Morgan fingerprint density at radius 1 is 1.06 bits per heavy atom. The molecule has 0 atom stereocenters. The fourth-order valence-corrected chi connectivity index (χ4v) is 2.00. The van der Waals surface area contributed by atoms with Crippen molar-refractivity contribution in [3.05, 3.63) is 41.4 Å². The number of nitrogens with zero attached hydrogens (tertiary/aromatic N) is 1. The normalized spacial score (nSPS) is 10.9. The number of aromatic hydroxyl groups is 2. The molecule has 3 rings (SSSR count). The summed E-state index contributed by atoms with van der Waals surface area (Å²) in [6.45, 7) is 0. The highest BCUT2D eigenvalue weighted by Gasteiger charge is 2.10. The zero-order chi connectivity index (χ0) is 12.7. The maximum absolute atomic E-state index is 9.80. The molecular weight excluding hydrogens is 252 g/mol. The minimum absolute atomic E-state index is 0.0997. The van der Waals surface area contributed by atoms with Gasteiger partial charge < -0.3 is 15.2 Å². The van der Waals surface area contributed by atoms with E-state index in [-0.39, 0.29) is 11.5 Å². The van der Waals surface area contributed by atoms with Gasteiger partial charge in [-0.3, -0.25) is 0 Å². The van der Waals surface area contributed by atoms with Gasteiger partial charge in [-0.2, -0.15) is 0 Å². The fraction of sp³-hybridized carbons (Fsp3) is 0. The summed E-state index contributed by atoms with van der Waals surface area (Å²) in [6, 6.07) is 9.59. The molecule has 0 aliphatic heterocycles. The van der Waals surface area contributed by atoms with Crippen LogP contribution in [0, 0.1) is 0 Å². The van der Waals surface area contributed by atoms with E-state index in [2.05, 4.69) is 9.97 Å². The van der Waals surface area contributed by atoms with Crippen molar-refractivity contribution in [1.29, 1.82) is 0 Å². The standard InChI is InChI=1S/C13H9ClN2O2/c14-7-1-4-12(18)9(5-7)13-15-10-3-2-8(17)6-11(10)16-13/h1-6,17-18H,(H,15,16). The molecular formula is C13H9ClN2O2. The first-order valence-corrected chi connectivity index (χ1v) is 5.69. The van der Waals surface area contributed by atoms with Crippen molar-refractivity contribution in [1.82, 2.24) is 9.97 Å². The molecule has 0 aliphatic carbocycles. The second-order valence-electron chi connectivity index (χ2n) is 3.95. The molecule has 0 amide bonds. The molecule has 3 N–H and O–H groups in total. The van der Waals surface area contributed by atoms with Crippen LogP contribution in [0.15, 0.2) is 36.4 Å². The van der Waals surface area contributed by atoms with Crippen molar-refractivity contribution in [3.8, 4) is 22.9 Å². The van der Waals surface area contributed by atoms with Crippen molar-refractivity contribution in [2.75, 3.05) is 0 Å². The number of hydrogen-bond donors (Lipinski definition) is 3. The Labute approximate surface area is 107 Å². The van der Waals surface area contributed by atoms with Gasteiger partial charge in [0, 0.05) is 11.1 Å². The Hall–Kier alpha value is -2.20. The number of hydrogen-bond acceptors (Lipinski definition) is 3. The van der Waals surface area contributed by atoms with Crippen LogP contribution in [-0.2, 0) is 0 Å². The Morgan fingerprint density at radius 2 is 1.89 bits per heavy atom. The predicted molar refractivity (Wildman–Crippen MR) is 69.9 cm³/mol. The highest BCUT2D eigenvalue weighted by Crippen LogP contribution is 2.31. The van der Waals surface area contributed by atoms with Crippen LogP contribution in [0.2, 0.25) is 5.02 Å². The first-order valence-electron chi connectivity index (χ1n) is 5.31. The van der Waals surface area contributed by atoms with Gasteiger partial charge in [-0.25, -0.2) is 4.98 Å². The van der Waals surface area contributed by atoms with Crippen LogP contribution >= 0.6 is 11.6 Å². The monoisotopic (exact) mass is 260 g/mol. The number of aromatic amines is 1. The van der Waals surface area contributed by atoms with Crippen molar-refractivity contribution in [3.63, 3.8) is 0 Å². The van der Waals surface area contributed by atoms with E-state index in [1.807, 2.05) is 0 Å². The number of aromatic nitrogens is 2. The minimum atomic E-state index is 0.0997. The predicted octanol–water partition coefficient (Wildman–Crippen LogP) is 3.29. The third-order valence-corrected chi connectivity index (χ3v) is 2.91. The average molecular weight is 261 g/mol. The van der Waals surface area contributed by atoms with Crippen LogP contribution in [0.4, 0.5) is 0 Å². The van der Waals surface area contributed by atoms with Crippen LogP contribution < -0.4 is 0 Å². The lowest BCUT2D eigenvalue weighted by Gasteiger charge is -2.00. The van der Waals surface area contributed by atoms with Gasteiger partial charge in [0.25, 0.3) is 0 Å². The van der Waals surface area contributed by atoms with Crippen molar-refractivity contribution < 1.29 is 10.2 Å². The third kappa shape index (κ3) is 1.76. The highest BCUT2D eigenvalue weighted by atomic mass is 35.5. The molecule has 5 heteroatoms. The van der Waals surface area contributed by atoms with E-state index < -0.39 is 0 Å². The zero-order valence-corrected chi connectivity index (χ0v) is 9.94. The number of benzene rings is 2. The molecule has 0 bridgehead atoms. The van der Waals surface area contributed by atoms with Gasteiger partial charge in [-0.15, -0.1) is 0 Å². The number of phenolic OH excluding ortho intramolecular Hbond substituents is 2. The number of nitrogens with one attached hydrogen (secondary N) is 1. The van der Waals surface area contributed by atoms with E-state index >= 15 is 0 Å². The van der Waals surface area contributed by atoms with Gasteiger partial charge in [0.1, 0.15) is 17.3 Å². The summed E-state index contributed by atoms with van der Waals surface area (Å²) in [7, 11) is 0. The molecule has 0 radical (unpaired) electrons. The maximum atomic E-state index is 9.80. The summed E-state index contributed by atoms with van der Waals surface area (Å²) >= 11 is 5.90. The SMILES string of the molecule is Oc1ccc2nc(-c3cc(Cl)ccc3O)[nH]c2c1. The van der Waals surface area contributed by atoms with E-state index in [1.54, 1.807) is 30.3 Å². The largest absolute Gasteiger partial charge is 0.508 e. The molecule has 0 saturated heterocycles. The number of H-pyrrole nitrogens is 1. The summed E-state index contributed by atoms with van der Waals surface area (Å²) in [5.41, 5.74) is 1.93. The summed E-state index contributed by atoms with van der Waals surface area (Å²) in [5, 5.41) is 19.7. The number of imidazole rings is 1. The van der Waals surface area contributed by atoms with Gasteiger partial charge >= 0.3 is 0 Å². The van der Waals surface area contributed by atoms with E-state index in [9.17, 15) is 10.2 Å². The van der Waals surface area contributed by atoms with Crippen molar-refractivity contribution >= 4 is 22.6 Å². The molecule has 4 nitrogen and oxygen atoms in total. The molecule has 0 fully saturated rings. The van der Waals surface area contributed by atoms with Gasteiger partial charge in [0.2, 0.25) is 0 Å². The number of phenols is 2. The van der Waals surface area contributed by atoms with Crippen LogP contribution in [0.25, 0.3) is 22.4 Å². The van der Waals surface area contributed by atoms with Gasteiger partial charge in [0.15, 0.2) is 0 Å². The van der Waals surface area contributed by atoms with Crippen molar-refractivity contribution in [2.24, 2.45) is 0 Å². The Balaban J connectivity index is 2.22. The van der Waals surface area contributed by atoms with Gasteiger partial charge in [-0.1, -0.05) is 11.6 Å². The zero-order valence-electron chi connectivity index (χ0n) is 9.18. The van der Waals surface area contributed by atoms with Crippen LogP contribution in [0.5, 0.6) is 11.5 Å². The first-order chi connectivity index (χ1) is 8.63. The second kappa shape index (κ2) is 3.92. The number of fused-ring (bicyclic) bond motifs is 1. The molecule has 2 aromatic carbocycles. The smallest absolute Gasteiger partial charge is 0.142 e. The average Bonchev–Trinajstić information content (AvgIpc) is 2.74. The molecule has 1 aromatic heterocycles. The fourth-order valence-electron chi connectivity index (χ4n) is 1.82. The maximum Gasteiger partial charge on any atom is 0.142 e. The van der Waals surface area contributed by atoms with Crippen LogP contribution in [0.3, 0.4) is 0 Å². The third-order valence-electron chi connectivity index (χ3n) is 2.68. The topological polar surface area (TPSA) is 69.1 Å². The molecule has 90 valence electrons. The summed E-state index contributed by atoms with van der Waals surface area (Å²) in [6.07, 6.45) is 0. The molecule has 0 aliphatic rings. The Bertz CT molecular complexity index is 737. The van der Waals surface area contributed by atoms with E-state index in [1.165, 1.54) is 6.07 Å². The Morgan fingerprint density at radius 3 is 2.72 bits per heavy atom. The van der Waals surface area contributed by atoms with Crippen molar-refractivity contribution in [2.45, 2.75) is 0 Å². The van der Waals surface area contributed by atoms with Crippen LogP contribution in [0.1, 0.15) is 0 Å². The molecule has 1 heterocycles. The quantitative estimate of drug-likeness (QED) is 0.629. The number of rotatable bonds is 1. The van der Waals surface area contributed by atoms with Gasteiger partial charge in [-0.05, 0) is 30.3 Å². The molecule has 0 unspecified atom stereocenters. The van der Waals surface area contributed by atoms with Gasteiger partial charge in [0.05, 0.1) is 16.6 Å². The Kier molecular flexibility index (Phi) is 2.38. The van der Waals surface area contributed by atoms with E-state index in [0.29, 0.717) is 27.4 Å². The number of halogens is 1. The lowest BCUT2D eigenvalue weighted by Crippen LogP contribution is -1.81. The molecule has 0 spiro atoms. The first kappa shape index (κ1) is 10.9. The summed E-state index contributed by atoms with van der Waals surface area (Å²) in [4.78, 5) is 7.37. The minimum Gasteiger partial charge on any atom is -0.508 e. The van der Waals surface area contributed by atoms with Crippen LogP contribution in [-0.4, -0.2) is 20.2 Å². The lowest BCUT2D eigenvalue weighted by molar-refractivity contribution is 0.476. The molecule has 0 saturated carbocycles.